The number of fused-ring (bicyclic) bond motifs is 1. The van der Waals surface area contributed by atoms with Gasteiger partial charge in [0.2, 0.25) is 0 Å². The standard InChI is InChI=1S/C23H32N4O2.ClH/c28-22(25-13-4-11-24-12-14-25)18-9-10-20-21(15-18)26(16-17-7-8-17)23(29)27(20)19-5-2-1-3-6-19;/h9-10,15,17,19,24H,1-8,11-14,16H2;1H. The van der Waals surface area contributed by atoms with E-state index in [1.807, 2.05) is 32.2 Å². The Bertz CT molecular complexity index is 948. The molecule has 1 saturated heterocycles. The molecule has 164 valence electrons. The van der Waals surface area contributed by atoms with Gasteiger partial charge >= 0.3 is 5.69 Å². The van der Waals surface area contributed by atoms with Crippen LogP contribution in [0.3, 0.4) is 0 Å². The molecule has 3 aliphatic rings. The minimum Gasteiger partial charge on any atom is -0.337 e. The van der Waals surface area contributed by atoms with Crippen molar-refractivity contribution in [1.82, 2.24) is 19.4 Å². The number of nitrogens with zero attached hydrogens (tertiary/aromatic N) is 3. The largest absolute Gasteiger partial charge is 0.337 e. The van der Waals surface area contributed by atoms with E-state index in [0.29, 0.717) is 17.5 Å². The van der Waals surface area contributed by atoms with E-state index in [1.165, 1.54) is 32.1 Å². The topological polar surface area (TPSA) is 59.3 Å². The summed E-state index contributed by atoms with van der Waals surface area (Å²) in [6.45, 7) is 4.14. The zero-order chi connectivity index (χ0) is 19.8. The van der Waals surface area contributed by atoms with Crippen LogP contribution in [0.25, 0.3) is 11.0 Å². The van der Waals surface area contributed by atoms with Crippen LogP contribution in [-0.2, 0) is 6.54 Å². The van der Waals surface area contributed by atoms with Crippen molar-refractivity contribution in [3.8, 4) is 0 Å². The lowest BCUT2D eigenvalue weighted by molar-refractivity contribution is 0.0766. The zero-order valence-corrected chi connectivity index (χ0v) is 18.5. The number of benzene rings is 1. The molecule has 7 heteroatoms. The van der Waals surface area contributed by atoms with E-state index in [1.54, 1.807) is 0 Å². The van der Waals surface area contributed by atoms with Gasteiger partial charge in [-0.25, -0.2) is 4.79 Å². The van der Waals surface area contributed by atoms with Gasteiger partial charge in [0.15, 0.2) is 0 Å². The van der Waals surface area contributed by atoms with Crippen molar-refractivity contribution >= 4 is 29.3 Å². The summed E-state index contributed by atoms with van der Waals surface area (Å²) in [5.41, 5.74) is 2.80. The van der Waals surface area contributed by atoms with E-state index >= 15 is 0 Å². The molecule has 1 aliphatic heterocycles. The summed E-state index contributed by atoms with van der Waals surface area (Å²) in [6.07, 6.45) is 9.25. The predicted octanol–water partition coefficient (Wildman–Crippen LogP) is 3.58. The first-order valence-electron chi connectivity index (χ1n) is 11.5. The number of hydrogen-bond acceptors (Lipinski definition) is 3. The van der Waals surface area contributed by atoms with Gasteiger partial charge in [0.25, 0.3) is 5.91 Å². The van der Waals surface area contributed by atoms with Gasteiger partial charge in [-0.05, 0) is 62.8 Å². The average molecular weight is 433 g/mol. The number of imidazole rings is 1. The van der Waals surface area contributed by atoms with Crippen molar-refractivity contribution in [2.75, 3.05) is 26.2 Å². The first-order valence-corrected chi connectivity index (χ1v) is 11.5. The van der Waals surface area contributed by atoms with Crippen molar-refractivity contribution in [2.45, 2.75) is 64.0 Å². The molecule has 0 atom stereocenters. The molecule has 0 radical (unpaired) electrons. The smallest absolute Gasteiger partial charge is 0.329 e. The maximum atomic E-state index is 13.4. The lowest BCUT2D eigenvalue weighted by atomic mass is 9.95. The number of hydrogen-bond donors (Lipinski definition) is 1. The molecule has 2 aromatic rings. The van der Waals surface area contributed by atoms with Crippen LogP contribution in [0.15, 0.2) is 23.0 Å². The highest BCUT2D eigenvalue weighted by Gasteiger charge is 2.28. The van der Waals surface area contributed by atoms with Crippen molar-refractivity contribution in [3.63, 3.8) is 0 Å². The van der Waals surface area contributed by atoms with E-state index in [4.69, 9.17) is 0 Å². The van der Waals surface area contributed by atoms with Gasteiger partial charge in [-0.15, -0.1) is 12.4 Å². The molecular weight excluding hydrogens is 400 g/mol. The normalized spacial score (nSPS) is 20.7. The predicted molar refractivity (Wildman–Crippen MR) is 122 cm³/mol. The Kier molecular flexibility index (Phi) is 6.54. The summed E-state index contributed by atoms with van der Waals surface area (Å²) < 4.78 is 4.00. The third kappa shape index (κ3) is 4.17. The van der Waals surface area contributed by atoms with Crippen molar-refractivity contribution in [1.29, 1.82) is 0 Å². The van der Waals surface area contributed by atoms with E-state index in [0.717, 1.165) is 63.0 Å². The van der Waals surface area contributed by atoms with Crippen molar-refractivity contribution in [3.05, 3.63) is 34.2 Å². The van der Waals surface area contributed by atoms with Crippen LogP contribution in [0.2, 0.25) is 0 Å². The molecule has 1 aromatic carbocycles. The van der Waals surface area contributed by atoms with Crippen LogP contribution in [0.5, 0.6) is 0 Å². The molecule has 2 aliphatic carbocycles. The number of amides is 1. The maximum absolute atomic E-state index is 13.4. The lowest BCUT2D eigenvalue weighted by Gasteiger charge is -2.23. The summed E-state index contributed by atoms with van der Waals surface area (Å²) in [6, 6.07) is 6.25. The minimum absolute atomic E-state index is 0. The SMILES string of the molecule is Cl.O=C(c1ccc2c(c1)n(CC1CC1)c(=O)n2C1CCCCC1)N1CCCNCC1. The second-order valence-electron chi connectivity index (χ2n) is 9.10. The van der Waals surface area contributed by atoms with Crippen LogP contribution < -0.4 is 11.0 Å². The number of carbonyl (C=O) groups excluding carboxylic acids is 1. The molecule has 2 heterocycles. The molecule has 2 saturated carbocycles. The molecule has 30 heavy (non-hydrogen) atoms. The Hall–Kier alpha value is -1.79. The number of rotatable bonds is 4. The fourth-order valence-electron chi connectivity index (χ4n) is 5.07. The first kappa shape index (κ1) is 21.4. The highest BCUT2D eigenvalue weighted by atomic mass is 35.5. The molecule has 0 bridgehead atoms. The maximum Gasteiger partial charge on any atom is 0.329 e. The monoisotopic (exact) mass is 432 g/mol. The van der Waals surface area contributed by atoms with E-state index < -0.39 is 0 Å². The third-order valence-electron chi connectivity index (χ3n) is 6.91. The summed E-state index contributed by atoms with van der Waals surface area (Å²) in [5.74, 6) is 0.709. The second-order valence-corrected chi connectivity index (χ2v) is 9.10. The fraction of sp³-hybridized carbons (Fsp3) is 0.652. The van der Waals surface area contributed by atoms with Crippen molar-refractivity contribution in [2.24, 2.45) is 5.92 Å². The highest BCUT2D eigenvalue weighted by Crippen LogP contribution is 2.34. The minimum atomic E-state index is 0. The highest BCUT2D eigenvalue weighted by molar-refractivity contribution is 5.97. The number of halogens is 1. The Balaban J connectivity index is 0.00000218. The molecule has 0 unspecified atom stereocenters. The molecular formula is C23H33ClN4O2. The average Bonchev–Trinajstić information content (AvgIpc) is 3.56. The Morgan fingerprint density at radius 3 is 2.53 bits per heavy atom. The number of nitrogens with one attached hydrogen (secondary N) is 1. The number of aromatic nitrogens is 2. The van der Waals surface area contributed by atoms with E-state index in [2.05, 4.69) is 5.32 Å². The lowest BCUT2D eigenvalue weighted by Crippen LogP contribution is -2.34. The zero-order valence-electron chi connectivity index (χ0n) is 17.6. The van der Waals surface area contributed by atoms with Crippen LogP contribution >= 0.6 is 12.4 Å². The Labute approximate surface area is 184 Å². The summed E-state index contributed by atoms with van der Waals surface area (Å²) in [7, 11) is 0. The van der Waals surface area contributed by atoms with Gasteiger partial charge in [-0.1, -0.05) is 19.3 Å². The van der Waals surface area contributed by atoms with Gasteiger partial charge < -0.3 is 10.2 Å². The molecule has 1 aromatic heterocycles. The number of carbonyl (C=O) groups is 1. The quantitative estimate of drug-likeness (QED) is 0.803. The Morgan fingerprint density at radius 1 is 0.967 bits per heavy atom. The van der Waals surface area contributed by atoms with E-state index in [9.17, 15) is 9.59 Å². The Morgan fingerprint density at radius 2 is 1.77 bits per heavy atom. The second kappa shape index (κ2) is 9.15. The van der Waals surface area contributed by atoms with Gasteiger partial charge in [-0.3, -0.25) is 13.9 Å². The fourth-order valence-corrected chi connectivity index (χ4v) is 5.07. The van der Waals surface area contributed by atoms with Crippen LogP contribution in [-0.4, -0.2) is 46.1 Å². The van der Waals surface area contributed by atoms with Crippen LogP contribution in [0.1, 0.15) is 67.8 Å². The molecule has 1 amide bonds. The molecule has 5 rings (SSSR count). The summed E-state index contributed by atoms with van der Waals surface area (Å²) in [4.78, 5) is 28.5. The van der Waals surface area contributed by atoms with Crippen LogP contribution in [0.4, 0.5) is 0 Å². The third-order valence-corrected chi connectivity index (χ3v) is 6.91. The van der Waals surface area contributed by atoms with Gasteiger partial charge in [0, 0.05) is 37.8 Å². The summed E-state index contributed by atoms with van der Waals surface area (Å²) in [5, 5.41) is 3.36. The summed E-state index contributed by atoms with van der Waals surface area (Å²) >= 11 is 0. The van der Waals surface area contributed by atoms with Crippen molar-refractivity contribution < 1.29 is 4.79 Å². The van der Waals surface area contributed by atoms with Gasteiger partial charge in [0.05, 0.1) is 11.0 Å². The first-order chi connectivity index (χ1) is 14.2. The van der Waals surface area contributed by atoms with Crippen LogP contribution in [0, 0.1) is 5.92 Å². The van der Waals surface area contributed by atoms with Gasteiger partial charge in [-0.2, -0.15) is 0 Å². The molecule has 3 fully saturated rings. The molecule has 0 spiro atoms. The van der Waals surface area contributed by atoms with E-state index in [-0.39, 0.29) is 24.0 Å². The molecule has 6 nitrogen and oxygen atoms in total. The van der Waals surface area contributed by atoms with Gasteiger partial charge in [0.1, 0.15) is 0 Å². The molecule has 1 N–H and O–H groups in total.